The number of hydrogen-bond acceptors (Lipinski definition) is 6. The molecule has 0 fully saturated rings. The van der Waals surface area contributed by atoms with E-state index in [1.807, 2.05) is 33.3 Å². The number of likely N-dealkylation sites (N-methyl/N-ethyl adjacent to an activating group) is 1. The molecule has 0 spiro atoms. The van der Waals surface area contributed by atoms with E-state index in [1.165, 1.54) is 83.5 Å². The maximum Gasteiger partial charge on any atom is 0.472 e. The lowest BCUT2D eigenvalue weighted by molar-refractivity contribution is -0.870. The second kappa shape index (κ2) is 53.8. The first kappa shape index (κ1) is 71.4. The van der Waals surface area contributed by atoms with Gasteiger partial charge in [0, 0.05) is 12.8 Å². The van der Waals surface area contributed by atoms with Crippen molar-refractivity contribution in [1.82, 2.24) is 5.32 Å². The first-order valence-electron chi connectivity index (χ1n) is 29.9. The number of carbonyl (C=O) groups is 2. The maximum atomic E-state index is 13.5. The van der Waals surface area contributed by atoms with Gasteiger partial charge in [-0.2, -0.15) is 0 Å². The Kier molecular flexibility index (Phi) is 51.2. The van der Waals surface area contributed by atoms with E-state index in [9.17, 15) is 19.0 Å². The fourth-order valence-electron chi connectivity index (χ4n) is 7.78. The lowest BCUT2D eigenvalue weighted by Crippen LogP contribution is -2.47. The van der Waals surface area contributed by atoms with Gasteiger partial charge in [-0.1, -0.05) is 220 Å². The van der Waals surface area contributed by atoms with E-state index in [-0.39, 0.29) is 32.0 Å². The van der Waals surface area contributed by atoms with Crippen LogP contribution in [0, 0.1) is 0 Å². The molecule has 0 rings (SSSR count). The van der Waals surface area contributed by atoms with Gasteiger partial charge < -0.3 is 19.4 Å². The number of amides is 1. The number of phosphoric ester groups is 1. The van der Waals surface area contributed by atoms with Gasteiger partial charge in [-0.05, 0) is 115 Å². The predicted octanol–water partition coefficient (Wildman–Crippen LogP) is 18.3. The Morgan fingerprint density at radius 2 is 0.867 bits per heavy atom. The summed E-state index contributed by atoms with van der Waals surface area (Å²) >= 11 is 0. The molecule has 0 radical (unpaired) electrons. The fourth-order valence-corrected chi connectivity index (χ4v) is 8.52. The summed E-state index contributed by atoms with van der Waals surface area (Å²) in [7, 11) is 1.43. The molecule has 0 aromatic rings. The van der Waals surface area contributed by atoms with Gasteiger partial charge in [0.05, 0.1) is 33.8 Å². The van der Waals surface area contributed by atoms with Gasteiger partial charge in [0.15, 0.2) is 0 Å². The molecule has 10 heteroatoms. The molecule has 0 aliphatic rings. The van der Waals surface area contributed by atoms with Crippen LogP contribution in [0.1, 0.15) is 226 Å². The Hall–Kier alpha value is -3.59. The zero-order valence-corrected chi connectivity index (χ0v) is 49.6. The van der Waals surface area contributed by atoms with Gasteiger partial charge in [-0.3, -0.25) is 18.6 Å². The smallest absolute Gasteiger partial charge is 0.456 e. The normalized spacial score (nSPS) is 14.6. The van der Waals surface area contributed by atoms with Crippen LogP contribution in [0.4, 0.5) is 0 Å². The molecule has 0 aromatic carbocycles. The molecule has 0 bridgehead atoms. The third kappa shape index (κ3) is 55.0. The molecule has 0 heterocycles. The van der Waals surface area contributed by atoms with Crippen molar-refractivity contribution in [1.29, 1.82) is 0 Å². The molecular formula is C65H112N2O7P+. The monoisotopic (exact) mass is 1060 g/mol. The minimum atomic E-state index is -4.48. The number of phosphoric acid groups is 1. The van der Waals surface area contributed by atoms with Crippen LogP contribution in [0.3, 0.4) is 0 Å². The summed E-state index contributed by atoms with van der Waals surface area (Å²) in [6.07, 6.45) is 74.9. The summed E-state index contributed by atoms with van der Waals surface area (Å²) in [5.41, 5.74) is 0. The van der Waals surface area contributed by atoms with Gasteiger partial charge in [-0.25, -0.2) is 4.57 Å². The Bertz CT molecular complexity index is 1700. The summed E-state index contributed by atoms with van der Waals surface area (Å²) < 4.78 is 30.6. The van der Waals surface area contributed by atoms with Crippen molar-refractivity contribution in [3.05, 3.63) is 122 Å². The largest absolute Gasteiger partial charge is 0.472 e. The number of hydrogen-bond donors (Lipinski definition) is 2. The minimum Gasteiger partial charge on any atom is -0.456 e. The van der Waals surface area contributed by atoms with Crippen LogP contribution < -0.4 is 5.32 Å². The van der Waals surface area contributed by atoms with E-state index in [4.69, 9.17) is 13.8 Å². The second-order valence-corrected chi connectivity index (χ2v) is 22.2. The third-order valence-electron chi connectivity index (χ3n) is 12.4. The molecule has 9 nitrogen and oxygen atoms in total. The molecule has 3 atom stereocenters. The maximum absolute atomic E-state index is 13.5. The molecule has 2 N–H and O–H groups in total. The van der Waals surface area contributed by atoms with Gasteiger partial charge in [0.25, 0.3) is 0 Å². The van der Waals surface area contributed by atoms with Crippen LogP contribution in [-0.2, 0) is 27.9 Å². The highest BCUT2D eigenvalue weighted by Gasteiger charge is 2.30. The number of unbranched alkanes of at least 4 members (excludes halogenated alkanes) is 18. The van der Waals surface area contributed by atoms with E-state index >= 15 is 0 Å². The van der Waals surface area contributed by atoms with Crippen molar-refractivity contribution in [2.24, 2.45) is 0 Å². The lowest BCUT2D eigenvalue weighted by Gasteiger charge is -2.27. The van der Waals surface area contributed by atoms with Gasteiger partial charge in [0.1, 0.15) is 19.3 Å². The zero-order valence-electron chi connectivity index (χ0n) is 48.7. The third-order valence-corrected chi connectivity index (χ3v) is 13.4. The topological polar surface area (TPSA) is 111 Å². The van der Waals surface area contributed by atoms with Crippen molar-refractivity contribution < 1.29 is 37.3 Å². The molecule has 0 aliphatic heterocycles. The number of nitrogens with one attached hydrogen (secondary N) is 1. The predicted molar refractivity (Wildman–Crippen MR) is 323 cm³/mol. The standard InChI is InChI=1S/C65H111N2O7P/c1-7-10-13-16-19-22-25-28-30-32-33-35-36-39-42-45-48-51-54-57-64(68)66-62(61-73-75(70,71)72-60-59-67(4,5)6)63(56-53-50-47-44-41-38-27-24-21-18-15-12-9-3)74-65(69)58-55-52-49-46-43-40-37-34-31-29-26-23-20-17-14-11-8-2/h11,14,19-20,22-23,28-31,33,35,37,39-40,42,46,49,53,56,62-63H,7-10,12-13,15-18,21,24-27,32,34,36,38,41,43-45,47-48,50-52,54-55,57-61H2,1-6H3,(H-,66,68,70,71)/p+1/b14-11-,22-19-,23-20-,30-28-,31-29-,35-33-,40-37-,42-39-,49-46-,56-53+. The average molecular weight is 1060 g/mol. The number of allylic oxidation sites excluding steroid dienone is 19. The molecular weight excluding hydrogens is 952 g/mol. The van der Waals surface area contributed by atoms with Crippen LogP contribution >= 0.6 is 7.82 Å². The molecule has 3 unspecified atom stereocenters. The number of nitrogens with zero attached hydrogens (tertiary/aromatic N) is 1. The quantitative estimate of drug-likeness (QED) is 0.0205. The lowest BCUT2D eigenvalue weighted by atomic mass is 10.0. The Morgan fingerprint density at radius 3 is 1.33 bits per heavy atom. The van der Waals surface area contributed by atoms with E-state index in [1.54, 1.807) is 0 Å². The zero-order chi connectivity index (χ0) is 55.0. The van der Waals surface area contributed by atoms with Gasteiger partial charge in [0.2, 0.25) is 5.91 Å². The van der Waals surface area contributed by atoms with Crippen molar-refractivity contribution in [3.63, 3.8) is 0 Å². The van der Waals surface area contributed by atoms with Crippen LogP contribution in [0.15, 0.2) is 122 Å². The Labute approximate surface area is 461 Å². The molecule has 0 aromatic heterocycles. The van der Waals surface area contributed by atoms with Crippen molar-refractivity contribution in [2.45, 2.75) is 238 Å². The minimum absolute atomic E-state index is 0.0184. The summed E-state index contributed by atoms with van der Waals surface area (Å²) in [5, 5.41) is 3.02. The number of ether oxygens (including phenoxy) is 1. The highest BCUT2D eigenvalue weighted by atomic mass is 31.2. The van der Waals surface area contributed by atoms with Crippen LogP contribution in [0.25, 0.3) is 0 Å². The first-order valence-corrected chi connectivity index (χ1v) is 31.4. The van der Waals surface area contributed by atoms with Gasteiger partial charge >= 0.3 is 13.8 Å². The van der Waals surface area contributed by atoms with Crippen LogP contribution in [0.5, 0.6) is 0 Å². The molecule has 0 aliphatic carbocycles. The summed E-state index contributed by atoms with van der Waals surface area (Å²) in [6, 6.07) is -0.896. The molecule has 75 heavy (non-hydrogen) atoms. The van der Waals surface area contributed by atoms with Crippen LogP contribution in [0.2, 0.25) is 0 Å². The summed E-state index contributed by atoms with van der Waals surface area (Å²) in [4.78, 5) is 37.6. The van der Waals surface area contributed by atoms with E-state index < -0.39 is 25.9 Å². The van der Waals surface area contributed by atoms with E-state index in [2.05, 4.69) is 135 Å². The van der Waals surface area contributed by atoms with Crippen molar-refractivity contribution in [3.8, 4) is 0 Å². The summed E-state index contributed by atoms with van der Waals surface area (Å²) in [6.45, 7) is 6.79. The van der Waals surface area contributed by atoms with E-state index in [0.717, 1.165) is 96.3 Å². The molecule has 428 valence electrons. The first-order chi connectivity index (χ1) is 36.4. The number of rotatable bonds is 52. The summed E-state index contributed by atoms with van der Waals surface area (Å²) in [5.74, 6) is -0.618. The Morgan fingerprint density at radius 1 is 0.480 bits per heavy atom. The number of quaternary nitrogens is 1. The Balaban J connectivity index is 5.50. The second-order valence-electron chi connectivity index (χ2n) is 20.8. The van der Waals surface area contributed by atoms with E-state index in [0.29, 0.717) is 23.9 Å². The average Bonchev–Trinajstić information content (AvgIpc) is 3.37. The molecule has 1 amide bonds. The van der Waals surface area contributed by atoms with Crippen LogP contribution in [-0.4, -0.2) is 74.3 Å². The molecule has 0 saturated heterocycles. The van der Waals surface area contributed by atoms with Crippen molar-refractivity contribution in [2.75, 3.05) is 40.9 Å². The highest BCUT2D eigenvalue weighted by molar-refractivity contribution is 7.47. The number of carbonyl (C=O) groups excluding carboxylic acids is 2. The highest BCUT2D eigenvalue weighted by Crippen LogP contribution is 2.43. The SMILES string of the molecule is CC/C=C\C/C=C\C/C=C\C/C=C\C/C=C\CCCC(=O)OC(/C=C/CCCCCCCCCCCCC)C(COP(=O)(O)OCC[N+](C)(C)C)NC(=O)CCCCC/C=C\C/C=C\C/C=C\C/C=C\CCCCC. The van der Waals surface area contributed by atoms with Crippen molar-refractivity contribution >= 4 is 19.7 Å². The fraction of sp³-hybridized carbons (Fsp3) is 0.662. The molecule has 0 saturated carbocycles. The van der Waals surface area contributed by atoms with Gasteiger partial charge in [-0.15, -0.1) is 0 Å². The number of esters is 1.